The summed E-state index contributed by atoms with van der Waals surface area (Å²) in [5, 5.41) is -1.14. The van der Waals surface area contributed by atoms with Crippen molar-refractivity contribution >= 4 is 21.5 Å². The molecule has 2 rings (SSSR count). The van der Waals surface area contributed by atoms with Gasteiger partial charge in [0, 0.05) is 6.42 Å². The smallest absolute Gasteiger partial charge is 0.289 e. The number of carbonyl (C=O) groups excluding carboxylic acids is 2. The van der Waals surface area contributed by atoms with Crippen molar-refractivity contribution in [2.24, 2.45) is 0 Å². The molecule has 21 heavy (non-hydrogen) atoms. The van der Waals surface area contributed by atoms with Crippen LogP contribution in [0.4, 0.5) is 0 Å². The maximum absolute atomic E-state index is 12.0. The first-order chi connectivity index (χ1) is 9.91. The van der Waals surface area contributed by atoms with Gasteiger partial charge < -0.3 is 0 Å². The van der Waals surface area contributed by atoms with Crippen molar-refractivity contribution in [1.29, 1.82) is 0 Å². The summed E-state index contributed by atoms with van der Waals surface area (Å²) in [5.41, 5.74) is 1.59. The molecule has 0 aliphatic heterocycles. The zero-order valence-corrected chi connectivity index (χ0v) is 12.3. The van der Waals surface area contributed by atoms with Gasteiger partial charge in [0.15, 0.2) is 0 Å². The van der Waals surface area contributed by atoms with Gasteiger partial charge in [-0.25, -0.2) is 0 Å². The molecule has 0 saturated heterocycles. The van der Waals surface area contributed by atoms with Crippen LogP contribution in [0.1, 0.15) is 11.1 Å². The van der Waals surface area contributed by atoms with Gasteiger partial charge in [-0.05, 0) is 24.6 Å². The molecule has 0 unspecified atom stereocenters. The van der Waals surface area contributed by atoms with Gasteiger partial charge in [-0.15, -0.1) is 10.6 Å². The van der Waals surface area contributed by atoms with Crippen molar-refractivity contribution in [2.45, 2.75) is 18.2 Å². The highest BCUT2D eigenvalue weighted by molar-refractivity contribution is 8.38. The molecule has 110 valence electrons. The number of aryl methyl sites for hydroxylation is 1. The lowest BCUT2D eigenvalue weighted by Crippen LogP contribution is -2.23. The van der Waals surface area contributed by atoms with Crippen molar-refractivity contribution < 1.29 is 18.7 Å². The molecule has 0 heterocycles. The predicted octanol–water partition coefficient (Wildman–Crippen LogP) is 3.44. The summed E-state index contributed by atoms with van der Waals surface area (Å²) in [4.78, 5) is 24.1. The van der Waals surface area contributed by atoms with Crippen LogP contribution in [0.3, 0.4) is 0 Å². The van der Waals surface area contributed by atoms with E-state index >= 15 is 0 Å². The molecular formula is C16H16O4S. The van der Waals surface area contributed by atoms with Gasteiger partial charge in [-0.2, -0.15) is 0 Å². The standard InChI is InChI=1S/C16H16O4S/c1-12-7-9-14(10-8-12)21(19,20)16(18)15(17)11-13-5-3-2-4-6-13/h2-10,19-20H,11H2,1H3. The minimum absolute atomic E-state index is 0.0690. The van der Waals surface area contributed by atoms with Crippen molar-refractivity contribution in [3.8, 4) is 0 Å². The third kappa shape index (κ3) is 3.58. The summed E-state index contributed by atoms with van der Waals surface area (Å²) in [7, 11) is -3.76. The van der Waals surface area contributed by atoms with Crippen LogP contribution >= 0.6 is 10.6 Å². The Bertz CT molecular complexity index is 648. The first-order valence-corrected chi connectivity index (χ1v) is 7.92. The van der Waals surface area contributed by atoms with E-state index in [4.69, 9.17) is 0 Å². The van der Waals surface area contributed by atoms with Gasteiger partial charge in [0.1, 0.15) is 0 Å². The molecule has 0 bridgehead atoms. The molecule has 2 N–H and O–H groups in total. The first-order valence-electron chi connectivity index (χ1n) is 6.37. The number of Topliss-reactive ketones (excluding diaryl/α,β-unsaturated/α-hetero) is 1. The Morgan fingerprint density at radius 2 is 1.52 bits per heavy atom. The van der Waals surface area contributed by atoms with E-state index in [2.05, 4.69) is 0 Å². The highest BCUT2D eigenvalue weighted by Crippen LogP contribution is 2.49. The van der Waals surface area contributed by atoms with Crippen molar-refractivity contribution in [2.75, 3.05) is 0 Å². The van der Waals surface area contributed by atoms with E-state index in [9.17, 15) is 18.7 Å². The fourth-order valence-electron chi connectivity index (χ4n) is 1.85. The van der Waals surface area contributed by atoms with Gasteiger partial charge in [0.2, 0.25) is 5.78 Å². The maximum Gasteiger partial charge on any atom is 0.311 e. The Morgan fingerprint density at radius 3 is 2.10 bits per heavy atom. The number of hydrogen-bond acceptors (Lipinski definition) is 4. The van der Waals surface area contributed by atoms with Crippen LogP contribution in [0.2, 0.25) is 0 Å². The summed E-state index contributed by atoms with van der Waals surface area (Å²) >= 11 is 0. The third-order valence-corrected chi connectivity index (χ3v) is 4.72. The van der Waals surface area contributed by atoms with E-state index in [0.717, 1.165) is 5.56 Å². The van der Waals surface area contributed by atoms with E-state index < -0.39 is 21.5 Å². The van der Waals surface area contributed by atoms with E-state index in [-0.39, 0.29) is 11.3 Å². The minimum Gasteiger partial charge on any atom is -0.289 e. The van der Waals surface area contributed by atoms with Gasteiger partial charge in [0.25, 0.3) is 0 Å². The number of benzene rings is 2. The maximum atomic E-state index is 12.0. The SMILES string of the molecule is Cc1ccc(S(O)(O)C(=O)C(=O)Cc2ccccc2)cc1. The molecule has 0 amide bonds. The highest BCUT2D eigenvalue weighted by Gasteiger charge is 2.31. The average molecular weight is 304 g/mol. The Balaban J connectivity index is 2.17. The van der Waals surface area contributed by atoms with Crippen LogP contribution in [0.5, 0.6) is 0 Å². The summed E-state index contributed by atoms with van der Waals surface area (Å²) in [5.74, 6) is -0.804. The van der Waals surface area contributed by atoms with Crippen molar-refractivity contribution in [3.63, 3.8) is 0 Å². The van der Waals surface area contributed by atoms with E-state index in [0.29, 0.717) is 5.56 Å². The summed E-state index contributed by atoms with van der Waals surface area (Å²) in [6.07, 6.45) is -0.137. The zero-order chi connectivity index (χ0) is 15.5. The van der Waals surface area contributed by atoms with Crippen molar-refractivity contribution in [1.82, 2.24) is 0 Å². The molecule has 0 saturated carbocycles. The molecular weight excluding hydrogens is 288 g/mol. The third-order valence-electron chi connectivity index (χ3n) is 3.04. The largest absolute Gasteiger partial charge is 0.311 e. The molecule has 0 radical (unpaired) electrons. The summed E-state index contributed by atoms with van der Waals surface area (Å²) in [6.45, 7) is 1.85. The Hall–Kier alpha value is -1.95. The van der Waals surface area contributed by atoms with Crippen LogP contribution in [-0.4, -0.2) is 20.0 Å². The fourth-order valence-corrected chi connectivity index (χ4v) is 2.97. The first kappa shape index (κ1) is 15.4. The molecule has 0 aromatic heterocycles. The number of hydrogen-bond donors (Lipinski definition) is 2. The highest BCUT2D eigenvalue weighted by atomic mass is 32.3. The van der Waals surface area contributed by atoms with Crippen LogP contribution in [-0.2, 0) is 16.0 Å². The molecule has 0 aliphatic rings. The average Bonchev–Trinajstić information content (AvgIpc) is 2.48. The molecule has 0 atom stereocenters. The lowest BCUT2D eigenvalue weighted by atomic mass is 10.1. The lowest BCUT2D eigenvalue weighted by molar-refractivity contribution is -0.132. The summed E-state index contributed by atoms with van der Waals surface area (Å²) < 4.78 is 20.1. The quantitative estimate of drug-likeness (QED) is 0.848. The Kier molecular flexibility index (Phi) is 4.57. The van der Waals surface area contributed by atoms with Crippen LogP contribution in [0.15, 0.2) is 59.5 Å². The van der Waals surface area contributed by atoms with Gasteiger partial charge >= 0.3 is 5.12 Å². The molecule has 2 aromatic rings. The molecule has 2 aromatic carbocycles. The topological polar surface area (TPSA) is 74.6 Å². The van der Waals surface area contributed by atoms with Gasteiger partial charge in [-0.3, -0.25) is 18.7 Å². The van der Waals surface area contributed by atoms with Gasteiger partial charge in [0.05, 0.1) is 4.90 Å². The second-order valence-electron chi connectivity index (χ2n) is 4.73. The van der Waals surface area contributed by atoms with Crippen molar-refractivity contribution in [3.05, 3.63) is 65.7 Å². The van der Waals surface area contributed by atoms with Crippen LogP contribution < -0.4 is 0 Å². The molecule has 5 heteroatoms. The van der Waals surface area contributed by atoms with Crippen LogP contribution in [0, 0.1) is 6.92 Å². The molecule has 0 aliphatic carbocycles. The number of ketones is 1. The Labute approximate surface area is 124 Å². The normalized spacial score (nSPS) is 12.0. The fraction of sp³-hybridized carbons (Fsp3) is 0.125. The second kappa shape index (κ2) is 6.22. The van der Waals surface area contributed by atoms with Gasteiger partial charge in [-0.1, -0.05) is 48.0 Å². The minimum atomic E-state index is -3.76. The van der Waals surface area contributed by atoms with Crippen LogP contribution in [0.25, 0.3) is 0 Å². The Morgan fingerprint density at radius 1 is 0.952 bits per heavy atom. The zero-order valence-electron chi connectivity index (χ0n) is 11.5. The second-order valence-corrected chi connectivity index (χ2v) is 6.67. The molecule has 0 fully saturated rings. The van der Waals surface area contributed by atoms with E-state index in [1.807, 2.05) is 6.92 Å². The monoisotopic (exact) mass is 304 g/mol. The number of carbonyl (C=O) groups is 2. The summed E-state index contributed by atoms with van der Waals surface area (Å²) in [6, 6.07) is 15.0. The van der Waals surface area contributed by atoms with E-state index in [1.54, 1.807) is 42.5 Å². The number of rotatable bonds is 4. The molecule has 4 nitrogen and oxygen atoms in total. The lowest BCUT2D eigenvalue weighted by Gasteiger charge is -2.29. The van der Waals surface area contributed by atoms with E-state index in [1.165, 1.54) is 12.1 Å². The predicted molar refractivity (Wildman–Crippen MR) is 82.5 cm³/mol. The molecule has 0 spiro atoms.